The molecule has 0 aliphatic carbocycles. The highest BCUT2D eigenvalue weighted by Gasteiger charge is 2.30. The molecule has 5 nitrogen and oxygen atoms in total. The molecule has 0 saturated carbocycles. The fourth-order valence-electron chi connectivity index (χ4n) is 2.72. The summed E-state index contributed by atoms with van der Waals surface area (Å²) in [4.78, 5) is 23.7. The predicted molar refractivity (Wildman–Crippen MR) is 98.6 cm³/mol. The van der Waals surface area contributed by atoms with Crippen LogP contribution in [0.5, 0.6) is 5.75 Å². The molecule has 1 heterocycles. The zero-order chi connectivity index (χ0) is 21.0. The van der Waals surface area contributed by atoms with Gasteiger partial charge in [0, 0.05) is 17.0 Å². The van der Waals surface area contributed by atoms with Gasteiger partial charge in [0.25, 0.3) is 0 Å². The monoisotopic (exact) mass is 406 g/mol. The van der Waals surface area contributed by atoms with Gasteiger partial charge in [-0.3, -0.25) is 0 Å². The molecular weight excluding hydrogens is 389 g/mol. The van der Waals surface area contributed by atoms with E-state index in [-0.39, 0.29) is 12.4 Å². The van der Waals surface area contributed by atoms with Gasteiger partial charge in [0.2, 0.25) is 0 Å². The normalized spacial score (nSPS) is 11.4. The standard InChI is InChI=1S/C21H17F3O5/c1-2-13-6-7-17-14(9-19(25)29-18(17)8-13)11-28-20(26)12-27-16-5-3-4-15(10-16)21(22,23)24/h3-10H,2,11-12H2,1H3. The molecule has 3 rings (SSSR count). The van der Waals surface area contributed by atoms with Crippen LogP contribution in [0.2, 0.25) is 0 Å². The maximum absolute atomic E-state index is 12.7. The molecule has 0 spiro atoms. The van der Waals surface area contributed by atoms with Gasteiger partial charge in [-0.25, -0.2) is 9.59 Å². The van der Waals surface area contributed by atoms with Gasteiger partial charge in [0.1, 0.15) is 17.9 Å². The second kappa shape index (κ2) is 8.38. The van der Waals surface area contributed by atoms with Gasteiger partial charge in [0.15, 0.2) is 6.61 Å². The molecule has 0 N–H and O–H groups in total. The van der Waals surface area contributed by atoms with Crippen molar-refractivity contribution in [3.05, 3.63) is 75.6 Å². The highest BCUT2D eigenvalue weighted by Crippen LogP contribution is 2.31. The van der Waals surface area contributed by atoms with Gasteiger partial charge in [-0.05, 0) is 36.2 Å². The first-order valence-electron chi connectivity index (χ1n) is 8.77. The highest BCUT2D eigenvalue weighted by atomic mass is 19.4. The van der Waals surface area contributed by atoms with Gasteiger partial charge in [-0.15, -0.1) is 0 Å². The summed E-state index contributed by atoms with van der Waals surface area (Å²) in [6.07, 6.45) is -3.74. The van der Waals surface area contributed by atoms with Crippen molar-refractivity contribution < 1.29 is 31.9 Å². The Kier molecular flexibility index (Phi) is 5.91. The molecule has 152 valence electrons. The van der Waals surface area contributed by atoms with E-state index in [9.17, 15) is 22.8 Å². The molecule has 0 atom stereocenters. The second-order valence-electron chi connectivity index (χ2n) is 6.25. The summed E-state index contributed by atoms with van der Waals surface area (Å²) in [5.74, 6) is -0.886. The molecule has 0 unspecified atom stereocenters. The van der Waals surface area contributed by atoms with Crippen LogP contribution < -0.4 is 10.4 Å². The first-order valence-corrected chi connectivity index (χ1v) is 8.77. The lowest BCUT2D eigenvalue weighted by atomic mass is 10.1. The lowest BCUT2D eigenvalue weighted by molar-refractivity contribution is -0.147. The minimum Gasteiger partial charge on any atom is -0.482 e. The van der Waals surface area contributed by atoms with Crippen LogP contribution in [-0.2, 0) is 28.7 Å². The molecule has 0 aliphatic rings. The maximum atomic E-state index is 12.7. The Hall–Kier alpha value is -3.29. The van der Waals surface area contributed by atoms with Crippen LogP contribution >= 0.6 is 0 Å². The van der Waals surface area contributed by atoms with Crippen molar-refractivity contribution in [3.8, 4) is 5.75 Å². The fraction of sp³-hybridized carbons (Fsp3) is 0.238. The third-order valence-corrected chi connectivity index (χ3v) is 4.21. The topological polar surface area (TPSA) is 65.7 Å². The summed E-state index contributed by atoms with van der Waals surface area (Å²) >= 11 is 0. The number of alkyl halides is 3. The van der Waals surface area contributed by atoms with E-state index in [2.05, 4.69) is 0 Å². The van der Waals surface area contributed by atoms with Gasteiger partial charge < -0.3 is 13.9 Å². The quantitative estimate of drug-likeness (QED) is 0.446. The molecule has 3 aromatic rings. The first-order chi connectivity index (χ1) is 13.8. The zero-order valence-electron chi connectivity index (χ0n) is 15.4. The summed E-state index contributed by atoms with van der Waals surface area (Å²) in [5, 5.41) is 0.633. The van der Waals surface area contributed by atoms with E-state index in [1.165, 1.54) is 18.2 Å². The van der Waals surface area contributed by atoms with Gasteiger partial charge in [-0.2, -0.15) is 13.2 Å². The van der Waals surface area contributed by atoms with Crippen LogP contribution in [0.4, 0.5) is 13.2 Å². The molecule has 0 fully saturated rings. The lowest BCUT2D eigenvalue weighted by Gasteiger charge is -2.11. The van der Waals surface area contributed by atoms with E-state index in [1.807, 2.05) is 13.0 Å². The second-order valence-corrected chi connectivity index (χ2v) is 6.25. The van der Waals surface area contributed by atoms with Crippen LogP contribution in [0.1, 0.15) is 23.6 Å². The minimum absolute atomic E-state index is 0.102. The van der Waals surface area contributed by atoms with Crippen molar-refractivity contribution in [3.63, 3.8) is 0 Å². The molecule has 29 heavy (non-hydrogen) atoms. The summed E-state index contributed by atoms with van der Waals surface area (Å²) in [6, 6.07) is 10.8. The number of esters is 1. The summed E-state index contributed by atoms with van der Waals surface area (Å²) in [6.45, 7) is 1.20. The number of hydrogen-bond acceptors (Lipinski definition) is 5. The van der Waals surface area contributed by atoms with Crippen molar-refractivity contribution in [1.29, 1.82) is 0 Å². The Labute approximate surface area is 163 Å². The fourth-order valence-corrected chi connectivity index (χ4v) is 2.72. The lowest BCUT2D eigenvalue weighted by Crippen LogP contribution is -2.16. The molecule has 0 aliphatic heterocycles. The van der Waals surface area contributed by atoms with Crippen LogP contribution in [0.3, 0.4) is 0 Å². The Bertz CT molecular complexity index is 1090. The summed E-state index contributed by atoms with van der Waals surface area (Å²) < 4.78 is 53.5. The number of rotatable bonds is 6. The zero-order valence-corrected chi connectivity index (χ0v) is 15.4. The smallest absolute Gasteiger partial charge is 0.416 e. The van der Waals surface area contributed by atoms with Crippen molar-refractivity contribution in [1.82, 2.24) is 0 Å². The van der Waals surface area contributed by atoms with Crippen LogP contribution in [0.15, 0.2) is 57.7 Å². The molecule has 1 aromatic heterocycles. The van der Waals surface area contributed by atoms with E-state index >= 15 is 0 Å². The van der Waals surface area contributed by atoms with Crippen LogP contribution in [0.25, 0.3) is 11.0 Å². The number of benzene rings is 2. The average Bonchev–Trinajstić information content (AvgIpc) is 2.69. The third kappa shape index (κ3) is 5.16. The SMILES string of the molecule is CCc1ccc2c(COC(=O)COc3cccc(C(F)(F)F)c3)cc(=O)oc2c1. The van der Waals surface area contributed by atoms with Crippen molar-refractivity contribution in [2.75, 3.05) is 6.61 Å². The number of aryl methyl sites for hydroxylation is 1. The number of halogens is 3. The Morgan fingerprint density at radius 1 is 1.10 bits per heavy atom. The molecule has 0 radical (unpaired) electrons. The molecular formula is C21H17F3O5. The Morgan fingerprint density at radius 2 is 1.90 bits per heavy atom. The van der Waals surface area contributed by atoms with E-state index in [4.69, 9.17) is 13.9 Å². The van der Waals surface area contributed by atoms with E-state index in [0.29, 0.717) is 16.5 Å². The maximum Gasteiger partial charge on any atom is 0.416 e. The molecule has 8 heteroatoms. The molecule has 0 bridgehead atoms. The van der Waals surface area contributed by atoms with Gasteiger partial charge in [-0.1, -0.05) is 25.1 Å². The molecule has 0 amide bonds. The first kappa shape index (κ1) is 20.4. The van der Waals surface area contributed by atoms with E-state index < -0.39 is 29.9 Å². The van der Waals surface area contributed by atoms with Crippen molar-refractivity contribution in [2.45, 2.75) is 26.1 Å². The third-order valence-electron chi connectivity index (χ3n) is 4.21. The van der Waals surface area contributed by atoms with Crippen LogP contribution in [-0.4, -0.2) is 12.6 Å². The summed E-state index contributed by atoms with van der Waals surface area (Å²) in [5.41, 5.74) is 0.396. The van der Waals surface area contributed by atoms with Crippen molar-refractivity contribution >= 4 is 16.9 Å². The Balaban J connectivity index is 1.65. The van der Waals surface area contributed by atoms with Crippen LogP contribution in [0, 0.1) is 0 Å². The number of ether oxygens (including phenoxy) is 2. The largest absolute Gasteiger partial charge is 0.482 e. The van der Waals surface area contributed by atoms with Crippen molar-refractivity contribution in [2.24, 2.45) is 0 Å². The molecule has 0 saturated heterocycles. The van der Waals surface area contributed by atoms with Gasteiger partial charge in [0.05, 0.1) is 5.56 Å². The predicted octanol–water partition coefficient (Wildman–Crippen LogP) is 4.50. The van der Waals surface area contributed by atoms with E-state index in [1.54, 1.807) is 12.1 Å². The number of fused-ring (bicyclic) bond motifs is 1. The number of carbonyl (C=O) groups excluding carboxylic acids is 1. The number of hydrogen-bond donors (Lipinski definition) is 0. The Morgan fingerprint density at radius 3 is 2.62 bits per heavy atom. The average molecular weight is 406 g/mol. The van der Waals surface area contributed by atoms with Gasteiger partial charge >= 0.3 is 17.8 Å². The van der Waals surface area contributed by atoms with E-state index in [0.717, 1.165) is 24.1 Å². The highest BCUT2D eigenvalue weighted by molar-refractivity contribution is 5.81. The minimum atomic E-state index is -4.51. The molecule has 2 aromatic carbocycles. The number of carbonyl (C=O) groups is 1. The summed E-state index contributed by atoms with van der Waals surface area (Å²) in [7, 11) is 0.